The molecule has 5 nitrogen and oxygen atoms in total. The molecular weight excluding hydrogens is 328 g/mol. The van der Waals surface area contributed by atoms with Crippen LogP contribution in [-0.4, -0.2) is 18.4 Å². The van der Waals surface area contributed by atoms with Crippen LogP contribution in [0, 0.1) is 12.3 Å². The van der Waals surface area contributed by atoms with Gasteiger partial charge in [-0.2, -0.15) is 0 Å². The summed E-state index contributed by atoms with van der Waals surface area (Å²) in [7, 11) is 0. The fraction of sp³-hybridized carbons (Fsp3) is 0.333. The van der Waals surface area contributed by atoms with Gasteiger partial charge in [0.05, 0.1) is 6.61 Å². The first-order chi connectivity index (χ1) is 12.5. The van der Waals surface area contributed by atoms with E-state index in [-0.39, 0.29) is 11.8 Å². The summed E-state index contributed by atoms with van der Waals surface area (Å²) in [4.78, 5) is 25.2. The van der Waals surface area contributed by atoms with Gasteiger partial charge in [-0.25, -0.2) is 0 Å². The predicted molar refractivity (Wildman–Crippen MR) is 101 cm³/mol. The molecule has 1 fully saturated rings. The highest BCUT2D eigenvalue weighted by atomic mass is 16.5. The van der Waals surface area contributed by atoms with Crippen molar-refractivity contribution in [1.29, 1.82) is 0 Å². The molecule has 0 aromatic heterocycles. The Balaban J connectivity index is 1.59. The van der Waals surface area contributed by atoms with Crippen molar-refractivity contribution in [3.63, 3.8) is 0 Å². The van der Waals surface area contributed by atoms with Crippen LogP contribution in [0.2, 0.25) is 0 Å². The third-order valence-electron chi connectivity index (χ3n) is 4.74. The van der Waals surface area contributed by atoms with Crippen molar-refractivity contribution < 1.29 is 14.3 Å². The number of ether oxygens (including phenoxy) is 1. The van der Waals surface area contributed by atoms with Crippen LogP contribution in [-0.2, 0) is 16.1 Å². The molecule has 0 atom stereocenters. The molecule has 26 heavy (non-hydrogen) atoms. The van der Waals surface area contributed by atoms with Crippen LogP contribution in [0.5, 0.6) is 5.75 Å². The number of carbonyl (C=O) groups is 2. The Morgan fingerprint density at radius 2 is 1.73 bits per heavy atom. The topological polar surface area (TPSA) is 67.4 Å². The summed E-state index contributed by atoms with van der Waals surface area (Å²) < 4.78 is 5.39. The number of benzene rings is 2. The maximum Gasteiger partial charge on any atom is 0.240 e. The SMILES string of the molecule is CCOc1ccc(NC(=O)C2(C(=O)NCc3ccccc3C)CC2)cc1. The standard InChI is InChI=1S/C21H24N2O3/c1-3-26-18-10-8-17(9-11-18)23-20(25)21(12-13-21)19(24)22-14-16-7-5-4-6-15(16)2/h4-11H,3,12-14H2,1-2H3,(H,22,24)(H,23,25). The lowest BCUT2D eigenvalue weighted by Gasteiger charge is -2.16. The first-order valence-corrected chi connectivity index (χ1v) is 8.92. The zero-order valence-electron chi connectivity index (χ0n) is 15.2. The van der Waals surface area contributed by atoms with E-state index in [9.17, 15) is 9.59 Å². The molecule has 0 saturated heterocycles. The summed E-state index contributed by atoms with van der Waals surface area (Å²) in [5.41, 5.74) is 1.90. The average molecular weight is 352 g/mol. The highest BCUT2D eigenvalue weighted by molar-refractivity contribution is 6.13. The number of amides is 2. The van der Waals surface area contributed by atoms with Crippen molar-refractivity contribution in [2.45, 2.75) is 33.2 Å². The average Bonchev–Trinajstić information content (AvgIpc) is 3.45. The Morgan fingerprint density at radius 3 is 2.35 bits per heavy atom. The van der Waals surface area contributed by atoms with E-state index in [0.717, 1.165) is 16.9 Å². The minimum absolute atomic E-state index is 0.204. The lowest BCUT2D eigenvalue weighted by molar-refractivity contribution is -0.134. The Bertz CT molecular complexity index is 795. The maximum atomic E-state index is 12.6. The van der Waals surface area contributed by atoms with E-state index in [2.05, 4.69) is 10.6 Å². The summed E-state index contributed by atoms with van der Waals surface area (Å²) in [6.07, 6.45) is 1.16. The van der Waals surface area contributed by atoms with Gasteiger partial charge in [0.2, 0.25) is 11.8 Å². The van der Waals surface area contributed by atoms with E-state index in [1.54, 1.807) is 24.3 Å². The molecule has 0 radical (unpaired) electrons. The van der Waals surface area contributed by atoms with Crippen LogP contribution in [0.3, 0.4) is 0 Å². The third kappa shape index (κ3) is 3.87. The van der Waals surface area contributed by atoms with E-state index in [0.29, 0.717) is 31.7 Å². The molecule has 136 valence electrons. The molecule has 0 unspecified atom stereocenters. The van der Waals surface area contributed by atoms with Gasteiger partial charge in [-0.05, 0) is 62.1 Å². The second kappa shape index (κ2) is 7.60. The molecule has 0 bridgehead atoms. The van der Waals surface area contributed by atoms with Crippen LogP contribution in [0.1, 0.15) is 30.9 Å². The van der Waals surface area contributed by atoms with Gasteiger partial charge in [0.15, 0.2) is 0 Å². The smallest absolute Gasteiger partial charge is 0.240 e. The molecule has 1 saturated carbocycles. The summed E-state index contributed by atoms with van der Waals surface area (Å²) in [6, 6.07) is 15.1. The molecule has 0 spiro atoms. The van der Waals surface area contributed by atoms with Gasteiger partial charge in [0.1, 0.15) is 11.2 Å². The summed E-state index contributed by atoms with van der Waals surface area (Å²) in [5, 5.41) is 5.76. The van der Waals surface area contributed by atoms with E-state index >= 15 is 0 Å². The number of anilines is 1. The van der Waals surface area contributed by atoms with Crippen LogP contribution in [0.25, 0.3) is 0 Å². The first kappa shape index (κ1) is 18.0. The highest BCUT2D eigenvalue weighted by Crippen LogP contribution is 2.47. The predicted octanol–water partition coefficient (Wildman–Crippen LogP) is 3.43. The lowest BCUT2D eigenvalue weighted by atomic mass is 10.0. The number of hydrogen-bond acceptors (Lipinski definition) is 3. The number of hydrogen-bond donors (Lipinski definition) is 2. The number of aryl methyl sites for hydroxylation is 1. The van der Waals surface area contributed by atoms with Crippen LogP contribution in [0.4, 0.5) is 5.69 Å². The Morgan fingerprint density at radius 1 is 1.04 bits per heavy atom. The number of nitrogens with one attached hydrogen (secondary N) is 2. The molecule has 2 amide bonds. The minimum Gasteiger partial charge on any atom is -0.494 e. The van der Waals surface area contributed by atoms with Crippen molar-refractivity contribution in [2.24, 2.45) is 5.41 Å². The largest absolute Gasteiger partial charge is 0.494 e. The Labute approximate surface area is 153 Å². The molecule has 1 aliphatic carbocycles. The first-order valence-electron chi connectivity index (χ1n) is 8.92. The zero-order valence-corrected chi connectivity index (χ0v) is 15.2. The van der Waals surface area contributed by atoms with Crippen LogP contribution in [0.15, 0.2) is 48.5 Å². The zero-order chi connectivity index (χ0) is 18.6. The van der Waals surface area contributed by atoms with Gasteiger partial charge in [0.25, 0.3) is 0 Å². The molecule has 2 N–H and O–H groups in total. The van der Waals surface area contributed by atoms with Gasteiger partial charge in [-0.1, -0.05) is 24.3 Å². The van der Waals surface area contributed by atoms with Crippen molar-refractivity contribution >= 4 is 17.5 Å². The van der Waals surface area contributed by atoms with Crippen molar-refractivity contribution in [1.82, 2.24) is 5.32 Å². The molecule has 3 rings (SSSR count). The normalized spacial score (nSPS) is 14.4. The minimum atomic E-state index is -0.943. The van der Waals surface area contributed by atoms with Crippen LogP contribution >= 0.6 is 0 Å². The summed E-state index contributed by atoms with van der Waals surface area (Å²) in [5.74, 6) is 0.302. The maximum absolute atomic E-state index is 12.6. The van der Waals surface area contributed by atoms with Gasteiger partial charge >= 0.3 is 0 Å². The molecule has 0 heterocycles. The van der Waals surface area contributed by atoms with E-state index in [1.165, 1.54) is 0 Å². The van der Waals surface area contributed by atoms with Gasteiger partial charge in [-0.15, -0.1) is 0 Å². The fourth-order valence-corrected chi connectivity index (χ4v) is 2.89. The van der Waals surface area contributed by atoms with Crippen molar-refractivity contribution in [2.75, 3.05) is 11.9 Å². The van der Waals surface area contributed by atoms with E-state index in [4.69, 9.17) is 4.74 Å². The second-order valence-electron chi connectivity index (χ2n) is 6.60. The lowest BCUT2D eigenvalue weighted by Crippen LogP contribution is -2.39. The van der Waals surface area contributed by atoms with Gasteiger partial charge < -0.3 is 15.4 Å². The van der Waals surface area contributed by atoms with Crippen molar-refractivity contribution in [3.8, 4) is 5.75 Å². The van der Waals surface area contributed by atoms with E-state index < -0.39 is 5.41 Å². The monoisotopic (exact) mass is 352 g/mol. The van der Waals surface area contributed by atoms with E-state index in [1.807, 2.05) is 38.1 Å². The second-order valence-corrected chi connectivity index (χ2v) is 6.60. The summed E-state index contributed by atoms with van der Waals surface area (Å²) in [6.45, 7) is 4.95. The molecular formula is C21H24N2O3. The quantitative estimate of drug-likeness (QED) is 0.750. The molecule has 2 aromatic carbocycles. The van der Waals surface area contributed by atoms with Crippen LogP contribution < -0.4 is 15.4 Å². The molecule has 2 aromatic rings. The summed E-state index contributed by atoms with van der Waals surface area (Å²) >= 11 is 0. The Kier molecular flexibility index (Phi) is 5.26. The number of carbonyl (C=O) groups excluding carboxylic acids is 2. The molecule has 1 aliphatic rings. The highest BCUT2D eigenvalue weighted by Gasteiger charge is 2.56. The fourth-order valence-electron chi connectivity index (χ4n) is 2.89. The van der Waals surface area contributed by atoms with Crippen molar-refractivity contribution in [3.05, 3.63) is 59.7 Å². The molecule has 5 heteroatoms. The van der Waals surface area contributed by atoms with Gasteiger partial charge in [0, 0.05) is 12.2 Å². The van der Waals surface area contributed by atoms with Gasteiger partial charge in [-0.3, -0.25) is 9.59 Å². The number of rotatable bonds is 7. The Hall–Kier alpha value is -2.82. The molecule has 0 aliphatic heterocycles. The third-order valence-corrected chi connectivity index (χ3v) is 4.74.